The van der Waals surface area contributed by atoms with Gasteiger partial charge in [-0.2, -0.15) is 0 Å². The largest absolute Gasteiger partial charge is 0.454 e. The molecule has 1 fully saturated rings. The number of benzene rings is 1. The quantitative estimate of drug-likeness (QED) is 0.636. The lowest BCUT2D eigenvalue weighted by Crippen LogP contribution is -2.20. The molecule has 0 spiro atoms. The normalized spacial score (nSPS) is 31.6. The summed E-state index contributed by atoms with van der Waals surface area (Å²) in [4.78, 5) is 11.3. The maximum Gasteiger partial charge on any atom is 0.309 e. The lowest BCUT2D eigenvalue weighted by molar-refractivity contribution is -0.149. The van der Waals surface area contributed by atoms with Crippen molar-refractivity contribution in [2.24, 2.45) is 5.92 Å². The molecule has 1 saturated heterocycles. The third-order valence-corrected chi connectivity index (χ3v) is 2.81. The van der Waals surface area contributed by atoms with Crippen molar-refractivity contribution in [1.82, 2.24) is 0 Å². The van der Waals surface area contributed by atoms with Gasteiger partial charge in [0.2, 0.25) is 0 Å². The highest BCUT2D eigenvalue weighted by Crippen LogP contribution is 2.38. The van der Waals surface area contributed by atoms with Crippen LogP contribution in [0.25, 0.3) is 0 Å². The summed E-state index contributed by atoms with van der Waals surface area (Å²) in [5.74, 6) is -0.0726. The molecule has 0 radical (unpaired) electrons. The summed E-state index contributed by atoms with van der Waals surface area (Å²) < 4.78 is 5.41. The molecule has 74 valence electrons. The fourth-order valence-electron chi connectivity index (χ4n) is 2.00. The first-order chi connectivity index (χ1) is 6.62. The Labute approximate surface area is 83.9 Å². The van der Waals surface area contributed by atoms with Crippen molar-refractivity contribution in [3.63, 3.8) is 0 Å². The number of hydrogen-bond acceptors (Lipinski definition) is 2. The first-order valence-corrected chi connectivity index (χ1v) is 4.90. The molecule has 0 aromatic heterocycles. The molecule has 2 rings (SSSR count). The summed E-state index contributed by atoms with van der Waals surface area (Å²) in [5, 5.41) is 0. The van der Waals surface area contributed by atoms with Crippen molar-refractivity contribution >= 4 is 5.97 Å². The average molecular weight is 190 g/mol. The lowest BCUT2D eigenvalue weighted by atomic mass is 9.90. The summed E-state index contributed by atoms with van der Waals surface area (Å²) in [6, 6.07) is 9.92. The minimum atomic E-state index is -0.419. The van der Waals surface area contributed by atoms with E-state index < -0.39 is 5.60 Å². The Bertz CT molecular complexity index is 345. The molecular weight excluding hydrogens is 176 g/mol. The van der Waals surface area contributed by atoms with Crippen LogP contribution in [0.2, 0.25) is 0 Å². The first-order valence-electron chi connectivity index (χ1n) is 4.90. The maximum absolute atomic E-state index is 11.3. The van der Waals surface area contributed by atoms with Gasteiger partial charge in [-0.25, -0.2) is 0 Å². The van der Waals surface area contributed by atoms with Gasteiger partial charge in [-0.1, -0.05) is 37.3 Å². The van der Waals surface area contributed by atoms with Crippen molar-refractivity contribution in [3.8, 4) is 0 Å². The molecule has 2 atom stereocenters. The molecule has 0 bridgehead atoms. The van der Waals surface area contributed by atoms with Crippen LogP contribution in [-0.2, 0) is 15.1 Å². The molecule has 14 heavy (non-hydrogen) atoms. The zero-order valence-corrected chi connectivity index (χ0v) is 8.49. The van der Waals surface area contributed by atoms with E-state index in [0.717, 1.165) is 12.0 Å². The monoisotopic (exact) mass is 190 g/mol. The number of ether oxygens (including phenoxy) is 1. The molecule has 1 aliphatic heterocycles. The van der Waals surface area contributed by atoms with Crippen LogP contribution in [0.15, 0.2) is 30.3 Å². The number of esters is 1. The first kappa shape index (κ1) is 9.25. The second-order valence-electron chi connectivity index (χ2n) is 4.12. The van der Waals surface area contributed by atoms with E-state index in [2.05, 4.69) is 0 Å². The summed E-state index contributed by atoms with van der Waals surface area (Å²) >= 11 is 0. The predicted octanol–water partition coefficient (Wildman–Crippen LogP) is 2.48. The van der Waals surface area contributed by atoms with Crippen LogP contribution in [0.4, 0.5) is 0 Å². The predicted molar refractivity (Wildman–Crippen MR) is 53.7 cm³/mol. The average Bonchev–Trinajstić information content (AvgIpc) is 2.44. The van der Waals surface area contributed by atoms with Gasteiger partial charge in [0.05, 0.1) is 5.92 Å². The minimum Gasteiger partial charge on any atom is -0.454 e. The molecule has 0 amide bonds. The second kappa shape index (κ2) is 3.12. The van der Waals surface area contributed by atoms with E-state index in [4.69, 9.17) is 4.74 Å². The summed E-state index contributed by atoms with van der Waals surface area (Å²) in [7, 11) is 0. The SMILES string of the molecule is C[C@@H]1C[C@](C)(c2ccccc2)OC1=O. The molecule has 1 aromatic rings. The van der Waals surface area contributed by atoms with Gasteiger partial charge < -0.3 is 4.74 Å². The van der Waals surface area contributed by atoms with E-state index in [0.29, 0.717) is 0 Å². The van der Waals surface area contributed by atoms with Crippen molar-refractivity contribution in [2.75, 3.05) is 0 Å². The zero-order chi connectivity index (χ0) is 10.2. The van der Waals surface area contributed by atoms with Crippen LogP contribution in [0, 0.1) is 5.92 Å². The van der Waals surface area contributed by atoms with E-state index in [1.54, 1.807) is 0 Å². The Morgan fingerprint density at radius 3 is 2.50 bits per heavy atom. The Morgan fingerprint density at radius 1 is 1.36 bits per heavy atom. The van der Waals surface area contributed by atoms with Gasteiger partial charge in [0.1, 0.15) is 5.60 Å². The molecule has 2 nitrogen and oxygen atoms in total. The fourth-order valence-corrected chi connectivity index (χ4v) is 2.00. The highest BCUT2D eigenvalue weighted by molar-refractivity contribution is 5.75. The number of rotatable bonds is 1. The third-order valence-electron chi connectivity index (χ3n) is 2.81. The van der Waals surface area contributed by atoms with E-state index >= 15 is 0 Å². The molecule has 2 heteroatoms. The van der Waals surface area contributed by atoms with Gasteiger partial charge >= 0.3 is 5.97 Å². The Hall–Kier alpha value is -1.31. The molecule has 0 N–H and O–H groups in total. The summed E-state index contributed by atoms with van der Waals surface area (Å²) in [6.07, 6.45) is 0.774. The second-order valence-corrected chi connectivity index (χ2v) is 4.12. The van der Waals surface area contributed by atoms with Gasteiger partial charge in [0.15, 0.2) is 0 Å². The molecule has 1 heterocycles. The molecule has 1 aliphatic rings. The minimum absolute atomic E-state index is 0.0141. The van der Waals surface area contributed by atoms with Crippen LogP contribution in [0.1, 0.15) is 25.8 Å². The van der Waals surface area contributed by atoms with Crippen LogP contribution >= 0.6 is 0 Å². The van der Waals surface area contributed by atoms with Crippen LogP contribution in [0.5, 0.6) is 0 Å². The Morgan fingerprint density at radius 2 is 2.00 bits per heavy atom. The third kappa shape index (κ3) is 1.41. The van der Waals surface area contributed by atoms with Gasteiger partial charge in [0.25, 0.3) is 0 Å². The maximum atomic E-state index is 11.3. The standard InChI is InChI=1S/C12H14O2/c1-9-8-12(2,14-11(9)13)10-6-4-3-5-7-10/h3-7,9H,8H2,1-2H3/t9-,12-/m1/s1. The Kier molecular flexibility index (Phi) is 2.06. The van der Waals surface area contributed by atoms with E-state index in [1.807, 2.05) is 44.2 Å². The Balaban J connectivity index is 2.31. The van der Waals surface area contributed by atoms with Crippen LogP contribution in [0.3, 0.4) is 0 Å². The van der Waals surface area contributed by atoms with Gasteiger partial charge in [-0.3, -0.25) is 4.79 Å². The highest BCUT2D eigenvalue weighted by atomic mass is 16.6. The van der Waals surface area contributed by atoms with Gasteiger partial charge in [0, 0.05) is 6.42 Å². The van der Waals surface area contributed by atoms with E-state index in [-0.39, 0.29) is 11.9 Å². The van der Waals surface area contributed by atoms with Gasteiger partial charge in [-0.05, 0) is 12.5 Å². The highest BCUT2D eigenvalue weighted by Gasteiger charge is 2.42. The summed E-state index contributed by atoms with van der Waals surface area (Å²) in [6.45, 7) is 3.89. The number of hydrogen-bond donors (Lipinski definition) is 0. The lowest BCUT2D eigenvalue weighted by Gasteiger charge is -2.22. The molecule has 0 saturated carbocycles. The smallest absolute Gasteiger partial charge is 0.309 e. The van der Waals surface area contributed by atoms with Crippen molar-refractivity contribution < 1.29 is 9.53 Å². The molecular formula is C12H14O2. The molecule has 0 unspecified atom stereocenters. The van der Waals surface area contributed by atoms with Crippen LogP contribution < -0.4 is 0 Å². The summed E-state index contributed by atoms with van der Waals surface area (Å²) in [5.41, 5.74) is 0.662. The van der Waals surface area contributed by atoms with Crippen molar-refractivity contribution in [2.45, 2.75) is 25.9 Å². The van der Waals surface area contributed by atoms with Crippen molar-refractivity contribution in [1.29, 1.82) is 0 Å². The zero-order valence-electron chi connectivity index (χ0n) is 8.49. The number of carbonyl (C=O) groups is 1. The number of carbonyl (C=O) groups excluding carboxylic acids is 1. The van der Waals surface area contributed by atoms with Crippen LogP contribution in [-0.4, -0.2) is 5.97 Å². The van der Waals surface area contributed by atoms with Gasteiger partial charge in [-0.15, -0.1) is 0 Å². The number of cyclic esters (lactones) is 1. The fraction of sp³-hybridized carbons (Fsp3) is 0.417. The molecule has 0 aliphatic carbocycles. The topological polar surface area (TPSA) is 26.3 Å². The van der Waals surface area contributed by atoms with Crippen molar-refractivity contribution in [3.05, 3.63) is 35.9 Å². The molecule has 1 aromatic carbocycles. The van der Waals surface area contributed by atoms with E-state index in [1.165, 1.54) is 0 Å². The van der Waals surface area contributed by atoms with E-state index in [9.17, 15) is 4.79 Å².